The van der Waals surface area contributed by atoms with Gasteiger partial charge < -0.3 is 14.3 Å². The summed E-state index contributed by atoms with van der Waals surface area (Å²) in [5, 5.41) is 13.7. The van der Waals surface area contributed by atoms with E-state index in [0.29, 0.717) is 18.4 Å². The fraction of sp³-hybridized carbons (Fsp3) is 0.667. The molecule has 2 heterocycles. The van der Waals surface area contributed by atoms with Crippen LogP contribution in [-0.2, 0) is 23.4 Å². The smallest absolute Gasteiger partial charge is 0.135 e. The van der Waals surface area contributed by atoms with Crippen LogP contribution < -0.4 is 0 Å². The SMILES string of the molecule is COCCN(Cc1ccc(C(O)(CC2CCC2)CC2CCC2)o1)Cc1cccs1. The highest BCUT2D eigenvalue weighted by Gasteiger charge is 2.40. The highest BCUT2D eigenvalue weighted by molar-refractivity contribution is 7.09. The van der Waals surface area contributed by atoms with Crippen molar-refractivity contribution in [2.24, 2.45) is 11.8 Å². The molecule has 4 nitrogen and oxygen atoms in total. The second-order valence-corrected chi connectivity index (χ2v) is 10.1. The van der Waals surface area contributed by atoms with Crippen molar-refractivity contribution in [3.8, 4) is 0 Å². The fourth-order valence-corrected chi connectivity index (χ4v) is 5.37. The number of thiophene rings is 1. The van der Waals surface area contributed by atoms with Crippen molar-refractivity contribution < 1.29 is 14.3 Å². The molecular formula is C24H35NO3S. The number of rotatable bonds is 12. The minimum Gasteiger partial charge on any atom is -0.462 e. The number of hydrogen-bond acceptors (Lipinski definition) is 5. The zero-order valence-corrected chi connectivity index (χ0v) is 18.5. The Balaban J connectivity index is 1.44. The van der Waals surface area contributed by atoms with Crippen LogP contribution in [0.1, 0.15) is 67.8 Å². The van der Waals surface area contributed by atoms with Crippen molar-refractivity contribution in [1.29, 1.82) is 0 Å². The Bertz CT molecular complexity index is 717. The van der Waals surface area contributed by atoms with Gasteiger partial charge in [-0.3, -0.25) is 4.90 Å². The van der Waals surface area contributed by atoms with E-state index in [0.717, 1.165) is 44.0 Å². The Morgan fingerprint density at radius 1 is 1.10 bits per heavy atom. The standard InChI is InChI=1S/C24H35NO3S/c1-27-13-12-25(18-22-9-4-14-29-22)17-21-10-11-23(28-21)24(26,15-19-5-2-6-19)16-20-7-3-8-20/h4,9-11,14,19-20,26H,2-3,5-8,12-13,15-18H2,1H3. The highest BCUT2D eigenvalue weighted by Crippen LogP contribution is 2.45. The van der Waals surface area contributed by atoms with Gasteiger partial charge in [-0.1, -0.05) is 44.6 Å². The first kappa shape index (κ1) is 21.1. The van der Waals surface area contributed by atoms with E-state index in [2.05, 4.69) is 28.5 Å². The van der Waals surface area contributed by atoms with Gasteiger partial charge in [0, 0.05) is 25.1 Å². The summed E-state index contributed by atoms with van der Waals surface area (Å²) in [6.45, 7) is 3.20. The normalized spacial score (nSPS) is 18.2. The van der Waals surface area contributed by atoms with E-state index in [1.165, 1.54) is 43.4 Å². The number of hydrogen-bond donors (Lipinski definition) is 1. The van der Waals surface area contributed by atoms with Crippen LogP contribution in [0.25, 0.3) is 0 Å². The van der Waals surface area contributed by atoms with Crippen LogP contribution in [0.3, 0.4) is 0 Å². The molecule has 1 N–H and O–H groups in total. The van der Waals surface area contributed by atoms with E-state index < -0.39 is 5.60 Å². The molecule has 29 heavy (non-hydrogen) atoms. The minimum absolute atomic E-state index is 0.658. The van der Waals surface area contributed by atoms with Crippen molar-refractivity contribution in [1.82, 2.24) is 4.90 Å². The van der Waals surface area contributed by atoms with E-state index in [1.807, 2.05) is 6.07 Å². The fourth-order valence-electron chi connectivity index (χ4n) is 4.62. The molecule has 0 radical (unpaired) electrons. The Kier molecular flexibility index (Phi) is 7.12. The van der Waals surface area contributed by atoms with Crippen LogP contribution in [0.15, 0.2) is 34.1 Å². The molecule has 4 rings (SSSR count). The molecular weight excluding hydrogens is 382 g/mol. The maximum Gasteiger partial charge on any atom is 0.135 e. The predicted molar refractivity (Wildman–Crippen MR) is 117 cm³/mol. The number of aliphatic hydroxyl groups is 1. The zero-order valence-electron chi connectivity index (χ0n) is 17.6. The quantitative estimate of drug-likeness (QED) is 0.491. The molecule has 0 amide bonds. The Morgan fingerprint density at radius 2 is 1.83 bits per heavy atom. The lowest BCUT2D eigenvalue weighted by Gasteiger charge is -2.39. The molecule has 2 saturated carbocycles. The maximum atomic E-state index is 11.6. The number of ether oxygens (including phenoxy) is 1. The van der Waals surface area contributed by atoms with Gasteiger partial charge in [0.1, 0.15) is 17.1 Å². The van der Waals surface area contributed by atoms with Crippen molar-refractivity contribution in [2.45, 2.75) is 70.1 Å². The van der Waals surface area contributed by atoms with Gasteiger partial charge in [0.25, 0.3) is 0 Å². The summed E-state index contributed by atoms with van der Waals surface area (Å²) in [6.07, 6.45) is 9.37. The second-order valence-electron chi connectivity index (χ2n) is 9.08. The summed E-state index contributed by atoms with van der Waals surface area (Å²) in [7, 11) is 1.75. The van der Waals surface area contributed by atoms with Crippen molar-refractivity contribution >= 4 is 11.3 Å². The maximum absolute atomic E-state index is 11.6. The van der Waals surface area contributed by atoms with Gasteiger partial charge in [0.15, 0.2) is 0 Å². The monoisotopic (exact) mass is 417 g/mol. The molecule has 0 saturated heterocycles. The summed E-state index contributed by atoms with van der Waals surface area (Å²) in [4.78, 5) is 3.70. The lowest BCUT2D eigenvalue weighted by molar-refractivity contribution is -0.0494. The van der Waals surface area contributed by atoms with Gasteiger partial charge in [-0.2, -0.15) is 0 Å². The third kappa shape index (κ3) is 5.52. The summed E-state index contributed by atoms with van der Waals surface area (Å²) < 4.78 is 11.6. The Morgan fingerprint density at radius 3 is 2.38 bits per heavy atom. The molecule has 2 aromatic heterocycles. The lowest BCUT2D eigenvalue weighted by Crippen LogP contribution is -2.34. The van der Waals surface area contributed by atoms with Crippen molar-refractivity contribution in [3.63, 3.8) is 0 Å². The zero-order chi connectivity index (χ0) is 20.1. The van der Waals surface area contributed by atoms with E-state index in [1.54, 1.807) is 18.4 Å². The first-order valence-electron chi connectivity index (χ1n) is 11.2. The average molecular weight is 418 g/mol. The highest BCUT2D eigenvalue weighted by atomic mass is 32.1. The second kappa shape index (κ2) is 9.78. The molecule has 2 fully saturated rings. The molecule has 0 unspecified atom stereocenters. The van der Waals surface area contributed by atoms with Gasteiger partial charge >= 0.3 is 0 Å². The van der Waals surface area contributed by atoms with Crippen LogP contribution in [0.5, 0.6) is 0 Å². The molecule has 0 bridgehead atoms. The molecule has 2 aliphatic carbocycles. The van der Waals surface area contributed by atoms with Gasteiger partial charge in [-0.05, 0) is 48.3 Å². The van der Waals surface area contributed by atoms with Crippen molar-refractivity contribution in [2.75, 3.05) is 20.3 Å². The third-order valence-electron chi connectivity index (χ3n) is 6.77. The van der Waals surface area contributed by atoms with Gasteiger partial charge in [0.2, 0.25) is 0 Å². The third-order valence-corrected chi connectivity index (χ3v) is 7.63. The van der Waals surface area contributed by atoms with Crippen LogP contribution in [0.4, 0.5) is 0 Å². The largest absolute Gasteiger partial charge is 0.462 e. The molecule has 0 aromatic carbocycles. The predicted octanol–water partition coefficient (Wildman–Crippen LogP) is 5.56. The van der Waals surface area contributed by atoms with E-state index in [9.17, 15) is 5.11 Å². The van der Waals surface area contributed by atoms with Crippen LogP contribution >= 0.6 is 11.3 Å². The molecule has 160 valence electrons. The number of nitrogens with zero attached hydrogens (tertiary/aromatic N) is 1. The van der Waals surface area contributed by atoms with Gasteiger partial charge in [0.05, 0.1) is 13.2 Å². The van der Waals surface area contributed by atoms with E-state index in [-0.39, 0.29) is 0 Å². The number of furan rings is 1. The summed E-state index contributed by atoms with van der Waals surface area (Å²) in [5.74, 6) is 3.04. The molecule has 0 spiro atoms. The topological polar surface area (TPSA) is 45.8 Å². The lowest BCUT2D eigenvalue weighted by atomic mass is 9.70. The van der Waals surface area contributed by atoms with Crippen LogP contribution in [0.2, 0.25) is 0 Å². The molecule has 2 aromatic rings. The van der Waals surface area contributed by atoms with E-state index in [4.69, 9.17) is 9.15 Å². The number of methoxy groups -OCH3 is 1. The minimum atomic E-state index is -0.792. The van der Waals surface area contributed by atoms with E-state index >= 15 is 0 Å². The Labute approximate surface area is 178 Å². The Hall–Kier alpha value is -1.14. The van der Waals surface area contributed by atoms with Crippen LogP contribution in [-0.4, -0.2) is 30.3 Å². The first-order valence-corrected chi connectivity index (χ1v) is 12.1. The van der Waals surface area contributed by atoms with Gasteiger partial charge in [-0.25, -0.2) is 0 Å². The summed E-state index contributed by atoms with van der Waals surface area (Å²) in [5.41, 5.74) is -0.792. The molecule has 2 aliphatic rings. The van der Waals surface area contributed by atoms with Crippen LogP contribution in [0, 0.1) is 11.8 Å². The molecule has 0 atom stereocenters. The molecule has 5 heteroatoms. The summed E-state index contributed by atoms with van der Waals surface area (Å²) >= 11 is 1.78. The van der Waals surface area contributed by atoms with Crippen molar-refractivity contribution in [3.05, 3.63) is 46.0 Å². The van der Waals surface area contributed by atoms with Gasteiger partial charge in [-0.15, -0.1) is 11.3 Å². The average Bonchev–Trinajstić information content (AvgIpc) is 3.32. The molecule has 0 aliphatic heterocycles. The summed E-state index contributed by atoms with van der Waals surface area (Å²) in [6, 6.07) is 8.37. The first-order chi connectivity index (χ1) is 14.1.